The zero-order valence-corrected chi connectivity index (χ0v) is 26.1. The molecule has 0 aliphatic heterocycles. The van der Waals surface area contributed by atoms with Crippen molar-refractivity contribution in [2.24, 2.45) is 0 Å². The van der Waals surface area contributed by atoms with Crippen LogP contribution in [0.2, 0.25) is 0 Å². The molecule has 0 bridgehead atoms. The van der Waals surface area contributed by atoms with E-state index in [0.29, 0.717) is 6.42 Å². The molecule has 0 radical (unpaired) electrons. The van der Waals surface area contributed by atoms with Crippen LogP contribution in [0.1, 0.15) is 98.8 Å². The Kier molecular flexibility index (Phi) is 21.3. The predicted octanol–water partition coefficient (Wildman–Crippen LogP) is 1.26. The van der Waals surface area contributed by atoms with E-state index in [-0.39, 0.29) is 62.6 Å². The summed E-state index contributed by atoms with van der Waals surface area (Å²) >= 11 is 0. The summed E-state index contributed by atoms with van der Waals surface area (Å²) in [6.45, 7) is 6.20. The molecule has 0 amide bonds. The van der Waals surface area contributed by atoms with E-state index < -0.39 is 30.5 Å². The molecule has 0 aliphatic carbocycles. The first-order chi connectivity index (χ1) is 16.1. The minimum absolute atomic E-state index is 0. The Morgan fingerprint density at radius 1 is 0.571 bits per heavy atom. The van der Waals surface area contributed by atoms with Crippen LogP contribution in [0.15, 0.2) is 0 Å². The first-order valence-corrected chi connectivity index (χ1v) is 15.3. The molecule has 0 N–H and O–H groups in total. The number of ether oxygens (including phenoxy) is 4. The smallest absolute Gasteiger partial charge is 0.744 e. The Bertz CT molecular complexity index is 717. The van der Waals surface area contributed by atoms with Gasteiger partial charge in [0.15, 0.2) is 10.1 Å². The number of rotatable bonds is 23. The Labute approximate surface area is 235 Å². The molecule has 206 valence electrons. The summed E-state index contributed by atoms with van der Waals surface area (Å²) in [5, 5.41) is -6.47. The molecular weight excluding hydrogens is 511 g/mol. The van der Waals surface area contributed by atoms with E-state index >= 15 is 0 Å². The molecule has 0 fully saturated rings. The van der Waals surface area contributed by atoms with Gasteiger partial charge in [0.1, 0.15) is 0 Å². The van der Waals surface area contributed by atoms with Crippen molar-refractivity contribution in [2.45, 2.75) is 109 Å². The van der Waals surface area contributed by atoms with Crippen molar-refractivity contribution in [3.63, 3.8) is 0 Å². The molecule has 0 aliphatic rings. The predicted molar refractivity (Wildman–Crippen MR) is 128 cm³/mol. The molecule has 10 nitrogen and oxygen atoms in total. The monoisotopic (exact) mass is 556 g/mol. The van der Waals surface area contributed by atoms with Gasteiger partial charge in [0.2, 0.25) is 0 Å². The van der Waals surface area contributed by atoms with Crippen molar-refractivity contribution in [3.8, 4) is 0 Å². The number of unbranched alkanes of at least 4 members (excludes halogenated alkanes) is 9. The molecule has 0 rings (SSSR count). The van der Waals surface area contributed by atoms with Crippen LogP contribution < -0.4 is 29.6 Å². The van der Waals surface area contributed by atoms with E-state index in [0.717, 1.165) is 25.7 Å². The van der Waals surface area contributed by atoms with Gasteiger partial charge in [-0.15, -0.1) is 0 Å². The molecule has 0 aromatic carbocycles. The average molecular weight is 557 g/mol. The molecule has 13 heteroatoms. The van der Waals surface area contributed by atoms with E-state index in [1.165, 1.54) is 59.8 Å². The molecular formula is C22H45NaO10S2. The molecule has 0 unspecified atom stereocenters. The second-order valence-electron chi connectivity index (χ2n) is 7.76. The molecule has 0 aromatic heterocycles. The van der Waals surface area contributed by atoms with Crippen molar-refractivity contribution in [1.82, 2.24) is 0 Å². The average Bonchev–Trinajstić information content (AvgIpc) is 2.76. The first-order valence-electron chi connectivity index (χ1n) is 12.5. The van der Waals surface area contributed by atoms with E-state index in [9.17, 15) is 21.4 Å². The Hall–Kier alpha value is 0.660. The molecule has 0 heterocycles. The standard InChI is InChI=1S/C22H46O10S2.Na/c1-6-11-12-13-14-15-16-17-18-19-20-32-34(26,27)22(30-9-4,31-10-5)21(28-7-2,29-8-3)33(23,24)25;/h6-20H2,1-5H3,(H,23,24,25);/q;+1/p-1. The minimum atomic E-state index is -5.59. The van der Waals surface area contributed by atoms with Crippen molar-refractivity contribution >= 4 is 20.2 Å². The van der Waals surface area contributed by atoms with Crippen LogP contribution in [0.25, 0.3) is 0 Å². The van der Waals surface area contributed by atoms with Gasteiger partial charge in [0.05, 0.1) is 6.61 Å². The van der Waals surface area contributed by atoms with E-state index in [1.54, 1.807) is 0 Å². The van der Waals surface area contributed by atoms with Crippen LogP contribution in [-0.4, -0.2) is 64.7 Å². The molecule has 0 saturated carbocycles. The normalized spacial score (nSPS) is 13.1. The van der Waals surface area contributed by atoms with Gasteiger partial charge in [-0.05, 0) is 34.1 Å². The maximum Gasteiger partial charge on any atom is 1.00 e. The first kappa shape index (κ1) is 37.8. The number of hydrogen-bond donors (Lipinski definition) is 0. The van der Waals surface area contributed by atoms with Crippen molar-refractivity contribution < 1.29 is 74.1 Å². The second-order valence-corrected chi connectivity index (χ2v) is 10.9. The fourth-order valence-electron chi connectivity index (χ4n) is 3.63. The third kappa shape index (κ3) is 11.1. The summed E-state index contributed by atoms with van der Waals surface area (Å²) in [4.78, 5) is 0. The van der Waals surface area contributed by atoms with Gasteiger partial charge in [0.25, 0.3) is 0 Å². The van der Waals surface area contributed by atoms with Crippen molar-refractivity contribution in [3.05, 3.63) is 0 Å². The SMILES string of the molecule is CCCCCCCCCCCCOS(=O)(=O)C(OCC)(OCC)C(OCC)(OCC)S(=O)(=O)[O-].[Na+]. The maximum absolute atomic E-state index is 13.3. The van der Waals surface area contributed by atoms with Crippen molar-refractivity contribution in [1.29, 1.82) is 0 Å². The quantitative estimate of drug-likeness (QED) is 0.0594. The van der Waals surface area contributed by atoms with Gasteiger partial charge in [-0.3, -0.25) is 4.18 Å². The molecule has 0 saturated heterocycles. The molecule has 35 heavy (non-hydrogen) atoms. The van der Waals surface area contributed by atoms with E-state index in [1.807, 2.05) is 0 Å². The summed E-state index contributed by atoms with van der Waals surface area (Å²) in [6.07, 6.45) is 10.4. The van der Waals surface area contributed by atoms with Crippen LogP contribution in [0.5, 0.6) is 0 Å². The number of hydrogen-bond acceptors (Lipinski definition) is 10. The largest absolute Gasteiger partial charge is 1.00 e. The third-order valence-corrected chi connectivity index (χ3v) is 8.04. The topological polar surface area (TPSA) is 137 Å². The summed E-state index contributed by atoms with van der Waals surface area (Å²) in [7, 11) is -10.6. The van der Waals surface area contributed by atoms with E-state index in [4.69, 9.17) is 23.1 Å². The fraction of sp³-hybridized carbons (Fsp3) is 1.00. The van der Waals surface area contributed by atoms with Crippen LogP contribution in [0, 0.1) is 0 Å². The Morgan fingerprint density at radius 3 is 1.26 bits per heavy atom. The summed E-state index contributed by atoms with van der Waals surface area (Å²) in [5.41, 5.74) is 0. The van der Waals surface area contributed by atoms with Crippen LogP contribution in [0.4, 0.5) is 0 Å². The van der Waals surface area contributed by atoms with Crippen LogP contribution in [0.3, 0.4) is 0 Å². The van der Waals surface area contributed by atoms with Crippen LogP contribution >= 0.6 is 0 Å². The molecule has 0 spiro atoms. The Balaban J connectivity index is 0. The molecule has 0 atom stereocenters. The van der Waals surface area contributed by atoms with Gasteiger partial charge < -0.3 is 23.5 Å². The fourth-order valence-corrected chi connectivity index (χ4v) is 6.63. The minimum Gasteiger partial charge on any atom is -0.744 e. The summed E-state index contributed by atoms with van der Waals surface area (Å²) < 4.78 is 89.7. The van der Waals surface area contributed by atoms with Gasteiger partial charge in [-0.2, -0.15) is 8.42 Å². The summed E-state index contributed by atoms with van der Waals surface area (Å²) in [6, 6.07) is 0. The zero-order chi connectivity index (χ0) is 26.1. The maximum atomic E-state index is 13.3. The zero-order valence-electron chi connectivity index (χ0n) is 22.5. The second kappa shape index (κ2) is 19.7. The third-order valence-electron chi connectivity index (χ3n) is 5.11. The van der Waals surface area contributed by atoms with E-state index in [2.05, 4.69) is 6.92 Å². The molecule has 0 aromatic rings. The van der Waals surface area contributed by atoms with Gasteiger partial charge in [-0.1, -0.05) is 64.7 Å². The Morgan fingerprint density at radius 2 is 0.914 bits per heavy atom. The van der Waals surface area contributed by atoms with Gasteiger partial charge in [0, 0.05) is 26.4 Å². The van der Waals surface area contributed by atoms with Gasteiger partial charge in [-0.25, -0.2) is 8.42 Å². The summed E-state index contributed by atoms with van der Waals surface area (Å²) in [5.74, 6) is 0. The van der Waals surface area contributed by atoms with Crippen LogP contribution in [-0.2, 0) is 43.4 Å². The van der Waals surface area contributed by atoms with Crippen molar-refractivity contribution in [2.75, 3.05) is 33.0 Å². The van der Waals surface area contributed by atoms with Gasteiger partial charge >= 0.3 is 49.9 Å².